The largest absolute Gasteiger partial charge is 0.310 e. The molecule has 1 saturated heterocycles. The molecular formula is C20H30N4S. The predicted molar refractivity (Wildman–Crippen MR) is 106 cm³/mol. The van der Waals surface area contributed by atoms with Gasteiger partial charge in [0.05, 0.1) is 5.69 Å². The predicted octanol–water partition coefficient (Wildman–Crippen LogP) is 3.21. The van der Waals surface area contributed by atoms with Crippen molar-refractivity contribution in [3.8, 4) is 0 Å². The van der Waals surface area contributed by atoms with Gasteiger partial charge in [0, 0.05) is 51.2 Å². The molecule has 1 aliphatic heterocycles. The third kappa shape index (κ3) is 6.19. The zero-order valence-corrected chi connectivity index (χ0v) is 16.3. The van der Waals surface area contributed by atoms with Crippen LogP contribution in [-0.2, 0) is 19.6 Å². The number of nitrogens with one attached hydrogen (secondary N) is 1. The summed E-state index contributed by atoms with van der Waals surface area (Å²) in [6.45, 7) is 13.0. The van der Waals surface area contributed by atoms with E-state index in [9.17, 15) is 0 Å². The normalized spacial score (nSPS) is 16.6. The quantitative estimate of drug-likeness (QED) is 0.785. The first-order valence-corrected chi connectivity index (χ1v) is 10.2. The molecule has 0 aliphatic carbocycles. The molecule has 5 heteroatoms. The van der Waals surface area contributed by atoms with Gasteiger partial charge in [0.1, 0.15) is 5.01 Å². The van der Waals surface area contributed by atoms with Crippen molar-refractivity contribution in [1.82, 2.24) is 20.1 Å². The minimum Gasteiger partial charge on any atom is -0.310 e. The topological polar surface area (TPSA) is 31.4 Å². The van der Waals surface area contributed by atoms with E-state index in [1.165, 1.54) is 16.3 Å². The number of hydrogen-bond acceptors (Lipinski definition) is 5. The van der Waals surface area contributed by atoms with E-state index in [-0.39, 0.29) is 0 Å². The molecule has 1 aliphatic rings. The second-order valence-corrected chi connectivity index (χ2v) is 8.24. The van der Waals surface area contributed by atoms with Crippen LogP contribution in [0.5, 0.6) is 0 Å². The molecule has 4 nitrogen and oxygen atoms in total. The number of benzene rings is 1. The average Bonchev–Trinajstić information content (AvgIpc) is 3.05. The molecule has 3 rings (SSSR count). The van der Waals surface area contributed by atoms with Crippen LogP contribution in [0, 0.1) is 5.92 Å². The number of aromatic nitrogens is 1. The molecule has 0 bridgehead atoms. The molecule has 0 amide bonds. The SMILES string of the molecule is CC(C)CNCc1nc(CN2CCN(Cc3ccccc3)CC2)cs1. The fourth-order valence-electron chi connectivity index (χ4n) is 3.15. The Morgan fingerprint density at radius 2 is 1.72 bits per heavy atom. The van der Waals surface area contributed by atoms with Gasteiger partial charge in [0.15, 0.2) is 0 Å². The van der Waals surface area contributed by atoms with Crippen LogP contribution in [0.4, 0.5) is 0 Å². The fraction of sp³-hybridized carbons (Fsp3) is 0.550. The minimum absolute atomic E-state index is 0.687. The molecule has 0 spiro atoms. The third-order valence-electron chi connectivity index (χ3n) is 4.53. The van der Waals surface area contributed by atoms with Gasteiger partial charge < -0.3 is 5.32 Å². The first-order valence-electron chi connectivity index (χ1n) is 9.31. The Hall–Kier alpha value is -1.27. The van der Waals surface area contributed by atoms with E-state index in [4.69, 9.17) is 4.98 Å². The van der Waals surface area contributed by atoms with Crippen molar-refractivity contribution >= 4 is 11.3 Å². The lowest BCUT2D eigenvalue weighted by Crippen LogP contribution is -2.45. The van der Waals surface area contributed by atoms with E-state index in [1.54, 1.807) is 11.3 Å². The van der Waals surface area contributed by atoms with Gasteiger partial charge in [-0.15, -0.1) is 11.3 Å². The molecule has 1 aromatic heterocycles. The van der Waals surface area contributed by atoms with Crippen molar-refractivity contribution in [2.75, 3.05) is 32.7 Å². The number of nitrogens with zero attached hydrogens (tertiary/aromatic N) is 3. The zero-order valence-electron chi connectivity index (χ0n) is 15.4. The number of rotatable bonds is 8. The highest BCUT2D eigenvalue weighted by Gasteiger charge is 2.18. The van der Waals surface area contributed by atoms with E-state index >= 15 is 0 Å². The Bertz CT molecular complexity index is 618. The van der Waals surface area contributed by atoms with Crippen LogP contribution in [0.25, 0.3) is 0 Å². The van der Waals surface area contributed by atoms with E-state index in [2.05, 4.69) is 64.7 Å². The molecule has 0 saturated carbocycles. The molecule has 0 radical (unpaired) electrons. The minimum atomic E-state index is 0.687. The van der Waals surface area contributed by atoms with E-state index < -0.39 is 0 Å². The molecule has 0 unspecified atom stereocenters. The Balaban J connectivity index is 1.39. The monoisotopic (exact) mass is 358 g/mol. The number of piperazine rings is 1. The van der Waals surface area contributed by atoms with Gasteiger partial charge in [-0.2, -0.15) is 0 Å². The second-order valence-electron chi connectivity index (χ2n) is 7.30. The lowest BCUT2D eigenvalue weighted by molar-refractivity contribution is 0.121. The zero-order chi connectivity index (χ0) is 17.5. The van der Waals surface area contributed by atoms with Crippen LogP contribution >= 0.6 is 11.3 Å². The van der Waals surface area contributed by atoms with Gasteiger partial charge in [-0.25, -0.2) is 4.98 Å². The summed E-state index contributed by atoms with van der Waals surface area (Å²) in [5.41, 5.74) is 2.64. The molecular weight excluding hydrogens is 328 g/mol. The average molecular weight is 359 g/mol. The highest BCUT2D eigenvalue weighted by Crippen LogP contribution is 2.14. The lowest BCUT2D eigenvalue weighted by Gasteiger charge is -2.34. The second kappa shape index (κ2) is 9.43. The van der Waals surface area contributed by atoms with Crippen LogP contribution in [0.1, 0.15) is 30.1 Å². The Morgan fingerprint density at radius 1 is 1.04 bits per heavy atom. The molecule has 1 N–H and O–H groups in total. The van der Waals surface area contributed by atoms with E-state index in [0.717, 1.165) is 52.4 Å². The first kappa shape index (κ1) is 18.5. The van der Waals surface area contributed by atoms with Crippen LogP contribution in [0.15, 0.2) is 35.7 Å². The van der Waals surface area contributed by atoms with Gasteiger partial charge in [0.2, 0.25) is 0 Å². The van der Waals surface area contributed by atoms with E-state index in [0.29, 0.717) is 5.92 Å². The summed E-state index contributed by atoms with van der Waals surface area (Å²) in [6, 6.07) is 10.8. The highest BCUT2D eigenvalue weighted by molar-refractivity contribution is 7.09. The van der Waals surface area contributed by atoms with Crippen molar-refractivity contribution in [3.63, 3.8) is 0 Å². The van der Waals surface area contributed by atoms with Gasteiger partial charge in [-0.3, -0.25) is 9.80 Å². The van der Waals surface area contributed by atoms with Gasteiger partial charge in [-0.1, -0.05) is 44.2 Å². The molecule has 2 heterocycles. The summed E-state index contributed by atoms with van der Waals surface area (Å²) in [5, 5.41) is 6.91. The Labute approximate surface area is 155 Å². The van der Waals surface area contributed by atoms with Crippen LogP contribution < -0.4 is 5.32 Å². The van der Waals surface area contributed by atoms with Crippen molar-refractivity contribution in [1.29, 1.82) is 0 Å². The number of thiazole rings is 1. The maximum Gasteiger partial charge on any atom is 0.107 e. The fourth-order valence-corrected chi connectivity index (χ4v) is 3.90. The summed E-state index contributed by atoms with van der Waals surface area (Å²) >= 11 is 1.78. The number of hydrogen-bond donors (Lipinski definition) is 1. The molecule has 25 heavy (non-hydrogen) atoms. The van der Waals surface area contributed by atoms with Crippen LogP contribution in [-0.4, -0.2) is 47.5 Å². The molecule has 2 aromatic rings. The maximum absolute atomic E-state index is 4.79. The summed E-state index contributed by atoms with van der Waals surface area (Å²) in [7, 11) is 0. The van der Waals surface area contributed by atoms with Gasteiger partial charge in [0.25, 0.3) is 0 Å². The van der Waals surface area contributed by atoms with Crippen molar-refractivity contribution in [2.24, 2.45) is 5.92 Å². The highest BCUT2D eigenvalue weighted by atomic mass is 32.1. The maximum atomic E-state index is 4.79. The third-order valence-corrected chi connectivity index (χ3v) is 5.43. The van der Waals surface area contributed by atoms with Crippen molar-refractivity contribution in [3.05, 3.63) is 52.0 Å². The Kier molecular flexibility index (Phi) is 6.99. The molecule has 136 valence electrons. The standard InChI is InChI=1S/C20H30N4S/c1-17(2)12-21-13-20-22-19(16-25-20)15-24-10-8-23(9-11-24)14-18-6-4-3-5-7-18/h3-7,16-17,21H,8-15H2,1-2H3. The molecule has 0 atom stereocenters. The van der Waals surface area contributed by atoms with E-state index in [1.807, 2.05) is 0 Å². The summed E-state index contributed by atoms with van der Waals surface area (Å²) in [5.74, 6) is 0.687. The summed E-state index contributed by atoms with van der Waals surface area (Å²) < 4.78 is 0. The van der Waals surface area contributed by atoms with Gasteiger partial charge in [-0.05, 0) is 18.0 Å². The van der Waals surface area contributed by atoms with Crippen molar-refractivity contribution < 1.29 is 0 Å². The molecule has 1 aromatic carbocycles. The smallest absolute Gasteiger partial charge is 0.107 e. The summed E-state index contributed by atoms with van der Waals surface area (Å²) in [6.07, 6.45) is 0. The van der Waals surface area contributed by atoms with Gasteiger partial charge >= 0.3 is 0 Å². The summed E-state index contributed by atoms with van der Waals surface area (Å²) in [4.78, 5) is 9.87. The molecule has 1 fully saturated rings. The van der Waals surface area contributed by atoms with Crippen LogP contribution in [0.3, 0.4) is 0 Å². The van der Waals surface area contributed by atoms with Crippen molar-refractivity contribution in [2.45, 2.75) is 33.5 Å². The van der Waals surface area contributed by atoms with Crippen LogP contribution in [0.2, 0.25) is 0 Å². The lowest BCUT2D eigenvalue weighted by atomic mass is 10.2. The Morgan fingerprint density at radius 3 is 2.40 bits per heavy atom. The first-order chi connectivity index (χ1) is 12.2.